The summed E-state index contributed by atoms with van der Waals surface area (Å²) in [5.74, 6) is -11.8. The maximum Gasteiger partial charge on any atom is 0.325 e. The number of benzene rings is 1. The van der Waals surface area contributed by atoms with E-state index in [1.165, 1.54) is 0 Å². The van der Waals surface area contributed by atoms with Gasteiger partial charge in [-0.05, 0) is 0 Å². The third-order valence-corrected chi connectivity index (χ3v) is 3.14. The normalized spacial score (nSPS) is 13.7. The third kappa shape index (κ3) is 1.82. The Morgan fingerprint density at radius 2 is 1.26 bits per heavy atom. The summed E-state index contributed by atoms with van der Waals surface area (Å²) < 4.78 is 53.8. The molecule has 1 aliphatic heterocycles. The van der Waals surface area contributed by atoms with Gasteiger partial charge >= 0.3 is 5.69 Å². The average Bonchev–Trinajstić information content (AvgIpc) is 2.75. The molecule has 1 aromatic heterocycles. The van der Waals surface area contributed by atoms with Crippen LogP contribution in [-0.4, -0.2) is 21.8 Å². The zero-order valence-corrected chi connectivity index (χ0v) is 10.7. The van der Waals surface area contributed by atoms with E-state index in [0.717, 1.165) is 0 Å². The topological polar surface area (TPSA) is 103 Å². The predicted molar refractivity (Wildman–Crippen MR) is 65.1 cm³/mol. The van der Waals surface area contributed by atoms with E-state index in [1.54, 1.807) is 4.98 Å². The lowest BCUT2D eigenvalue weighted by Crippen LogP contribution is -2.36. The van der Waals surface area contributed by atoms with Crippen LogP contribution in [0.4, 0.5) is 23.2 Å². The second-order valence-corrected chi connectivity index (χ2v) is 4.41. The number of nitrogens with one attached hydrogen (secondary N) is 2. The van der Waals surface area contributed by atoms with Crippen LogP contribution in [0.15, 0.2) is 15.8 Å². The fourth-order valence-electron chi connectivity index (χ4n) is 2.14. The van der Waals surface area contributed by atoms with Crippen LogP contribution >= 0.6 is 0 Å². The fraction of sp³-hybridized carbons (Fsp3) is 0. The van der Waals surface area contributed by atoms with Crippen molar-refractivity contribution in [1.29, 1.82) is 0 Å². The van der Waals surface area contributed by atoms with Gasteiger partial charge in [0.1, 0.15) is 5.69 Å². The van der Waals surface area contributed by atoms with Gasteiger partial charge in [0.05, 0.1) is 11.1 Å². The molecule has 2 amide bonds. The van der Waals surface area contributed by atoms with Crippen LogP contribution < -0.4 is 16.1 Å². The number of aromatic amines is 2. The lowest BCUT2D eigenvalue weighted by molar-refractivity contribution is 0.0923. The van der Waals surface area contributed by atoms with Crippen molar-refractivity contribution >= 4 is 17.5 Å². The Bertz CT molecular complexity index is 964. The maximum atomic E-state index is 13.7. The van der Waals surface area contributed by atoms with Crippen LogP contribution in [0, 0.1) is 23.3 Å². The summed E-state index contributed by atoms with van der Waals surface area (Å²) in [5.41, 5.74) is -5.63. The molecule has 2 aromatic rings. The second-order valence-electron chi connectivity index (χ2n) is 4.41. The number of hydrogen-bond acceptors (Lipinski definition) is 4. The van der Waals surface area contributed by atoms with Crippen LogP contribution in [0.25, 0.3) is 0 Å². The van der Waals surface area contributed by atoms with Crippen LogP contribution in [0.3, 0.4) is 0 Å². The Morgan fingerprint density at radius 1 is 0.783 bits per heavy atom. The Kier molecular flexibility index (Phi) is 2.95. The number of nitrogens with zero attached hydrogens (tertiary/aromatic N) is 1. The van der Waals surface area contributed by atoms with Gasteiger partial charge in [0, 0.05) is 6.20 Å². The molecule has 118 valence electrons. The first-order chi connectivity index (χ1) is 10.8. The van der Waals surface area contributed by atoms with Gasteiger partial charge in [-0.1, -0.05) is 0 Å². The van der Waals surface area contributed by atoms with Gasteiger partial charge < -0.3 is 4.98 Å². The molecule has 0 aliphatic carbocycles. The Morgan fingerprint density at radius 3 is 1.70 bits per heavy atom. The molecule has 0 radical (unpaired) electrons. The molecule has 0 bridgehead atoms. The van der Waals surface area contributed by atoms with Crippen molar-refractivity contribution in [2.45, 2.75) is 0 Å². The molecule has 1 aliphatic rings. The largest absolute Gasteiger partial charge is 0.325 e. The van der Waals surface area contributed by atoms with Gasteiger partial charge in [-0.25, -0.2) is 27.3 Å². The van der Waals surface area contributed by atoms with Crippen LogP contribution in [0.5, 0.6) is 0 Å². The van der Waals surface area contributed by atoms with Crippen molar-refractivity contribution in [3.8, 4) is 0 Å². The summed E-state index contributed by atoms with van der Waals surface area (Å²) in [7, 11) is 0. The molecule has 0 saturated heterocycles. The van der Waals surface area contributed by atoms with E-state index in [-0.39, 0.29) is 4.90 Å². The van der Waals surface area contributed by atoms with Gasteiger partial charge in [0.15, 0.2) is 23.3 Å². The lowest BCUT2D eigenvalue weighted by Gasteiger charge is -2.11. The molecule has 11 heteroatoms. The third-order valence-electron chi connectivity index (χ3n) is 3.14. The van der Waals surface area contributed by atoms with E-state index in [9.17, 15) is 36.7 Å². The summed E-state index contributed by atoms with van der Waals surface area (Å²) in [6.45, 7) is 0. The zero-order valence-electron chi connectivity index (χ0n) is 10.7. The average molecular weight is 329 g/mol. The van der Waals surface area contributed by atoms with E-state index in [2.05, 4.69) is 0 Å². The highest BCUT2D eigenvalue weighted by Gasteiger charge is 2.45. The minimum absolute atomic E-state index is 0.00444. The number of fused-ring (bicyclic) bond motifs is 1. The summed E-state index contributed by atoms with van der Waals surface area (Å²) in [5, 5.41) is 0. The minimum Gasteiger partial charge on any atom is -0.312 e. The molecule has 0 saturated carbocycles. The number of hydrogen-bond donors (Lipinski definition) is 2. The van der Waals surface area contributed by atoms with E-state index in [0.29, 0.717) is 6.20 Å². The number of imide groups is 1. The fourth-order valence-corrected chi connectivity index (χ4v) is 2.14. The Labute approximate surface area is 122 Å². The van der Waals surface area contributed by atoms with Crippen LogP contribution in [0.2, 0.25) is 0 Å². The molecule has 0 spiro atoms. The van der Waals surface area contributed by atoms with Gasteiger partial charge in [-0.2, -0.15) is 0 Å². The number of aromatic nitrogens is 2. The highest BCUT2D eigenvalue weighted by atomic mass is 19.2. The van der Waals surface area contributed by atoms with E-state index in [1.807, 2.05) is 4.98 Å². The van der Waals surface area contributed by atoms with Crippen molar-refractivity contribution in [2.75, 3.05) is 4.90 Å². The number of rotatable bonds is 1. The standard InChI is InChI=1S/C12H3F4N3O4/c13-5-3-4(6(14)8(16)7(5)15)11(22)19(10(3)21)2-1-17-12(23)18-9(2)20/h1H,(H2,17,18,20,23). The Balaban J connectivity index is 2.31. The van der Waals surface area contributed by atoms with E-state index >= 15 is 0 Å². The first kappa shape index (κ1) is 14.7. The van der Waals surface area contributed by atoms with Gasteiger partial charge in [-0.3, -0.25) is 19.4 Å². The second kappa shape index (κ2) is 4.63. The number of H-pyrrole nitrogens is 2. The molecule has 3 rings (SSSR count). The summed E-state index contributed by atoms with van der Waals surface area (Å²) in [4.78, 5) is 50.3. The number of carbonyl (C=O) groups excluding carboxylic acids is 2. The minimum atomic E-state index is -2.26. The number of anilines is 1. The number of amides is 2. The summed E-state index contributed by atoms with van der Waals surface area (Å²) in [6, 6.07) is 0. The molecule has 1 aromatic carbocycles. The van der Waals surface area contributed by atoms with Crippen LogP contribution in [0.1, 0.15) is 20.7 Å². The van der Waals surface area contributed by atoms with E-state index < -0.39 is 63.1 Å². The first-order valence-corrected chi connectivity index (χ1v) is 5.82. The molecular formula is C12H3F4N3O4. The molecule has 0 unspecified atom stereocenters. The number of carbonyl (C=O) groups is 2. The smallest absolute Gasteiger partial charge is 0.312 e. The molecule has 0 fully saturated rings. The zero-order chi connectivity index (χ0) is 17.0. The van der Waals surface area contributed by atoms with Crippen LogP contribution in [-0.2, 0) is 0 Å². The molecule has 23 heavy (non-hydrogen) atoms. The molecular weight excluding hydrogens is 326 g/mol. The maximum absolute atomic E-state index is 13.7. The SMILES string of the molecule is O=C1c2c(F)c(F)c(F)c(F)c2C(=O)N1c1c[nH]c(=O)[nH]c1=O. The highest BCUT2D eigenvalue weighted by molar-refractivity contribution is 6.34. The molecule has 2 N–H and O–H groups in total. The van der Waals surface area contributed by atoms with Crippen molar-refractivity contribution < 1.29 is 27.2 Å². The van der Waals surface area contributed by atoms with Crippen molar-refractivity contribution in [2.24, 2.45) is 0 Å². The molecule has 2 heterocycles. The lowest BCUT2D eigenvalue weighted by atomic mass is 10.1. The molecule has 7 nitrogen and oxygen atoms in total. The van der Waals surface area contributed by atoms with Gasteiger partial charge in [-0.15, -0.1) is 0 Å². The van der Waals surface area contributed by atoms with Crippen molar-refractivity contribution in [3.63, 3.8) is 0 Å². The monoisotopic (exact) mass is 329 g/mol. The van der Waals surface area contributed by atoms with Crippen molar-refractivity contribution in [1.82, 2.24) is 9.97 Å². The van der Waals surface area contributed by atoms with E-state index in [4.69, 9.17) is 0 Å². The van der Waals surface area contributed by atoms with Gasteiger partial charge in [0.2, 0.25) is 0 Å². The number of halogens is 4. The molecule has 0 atom stereocenters. The van der Waals surface area contributed by atoms with Gasteiger partial charge in [0.25, 0.3) is 17.4 Å². The van der Waals surface area contributed by atoms with Crippen molar-refractivity contribution in [3.05, 3.63) is 61.4 Å². The summed E-state index contributed by atoms with van der Waals surface area (Å²) in [6.07, 6.45) is 0.644. The Hall–Kier alpha value is -3.24. The predicted octanol–water partition coefficient (Wildman–Crippen LogP) is 0.420. The summed E-state index contributed by atoms with van der Waals surface area (Å²) >= 11 is 0. The first-order valence-electron chi connectivity index (χ1n) is 5.82. The highest BCUT2D eigenvalue weighted by Crippen LogP contribution is 2.32. The quantitative estimate of drug-likeness (QED) is 0.342.